The van der Waals surface area contributed by atoms with E-state index in [1.54, 1.807) is 17.0 Å². The first-order chi connectivity index (χ1) is 13.9. The fourth-order valence-corrected chi connectivity index (χ4v) is 3.41. The van der Waals surface area contributed by atoms with Gasteiger partial charge in [-0.25, -0.2) is 8.78 Å². The van der Waals surface area contributed by atoms with E-state index >= 15 is 0 Å². The summed E-state index contributed by atoms with van der Waals surface area (Å²) >= 11 is 0. The third-order valence-electron chi connectivity index (χ3n) is 4.86. The summed E-state index contributed by atoms with van der Waals surface area (Å²) in [6.45, 7) is 1.17. The number of anilines is 2. The van der Waals surface area contributed by atoms with Crippen LogP contribution in [0.2, 0.25) is 0 Å². The maximum Gasteiger partial charge on any atom is 0.315 e. The molecule has 0 bridgehead atoms. The molecule has 1 N–H and O–H groups in total. The van der Waals surface area contributed by atoms with Crippen molar-refractivity contribution in [3.05, 3.63) is 53.6 Å². The molecule has 0 atom stereocenters. The van der Waals surface area contributed by atoms with Crippen LogP contribution in [0.5, 0.6) is 5.75 Å². The van der Waals surface area contributed by atoms with E-state index in [9.17, 15) is 23.2 Å². The van der Waals surface area contributed by atoms with Gasteiger partial charge in [0.05, 0.1) is 6.42 Å². The molecule has 2 heterocycles. The average molecular weight is 401 g/mol. The highest BCUT2D eigenvalue weighted by Crippen LogP contribution is 2.29. The van der Waals surface area contributed by atoms with Crippen LogP contribution in [0.25, 0.3) is 0 Å². The Balaban J connectivity index is 1.35. The van der Waals surface area contributed by atoms with Crippen molar-refractivity contribution in [1.29, 1.82) is 0 Å². The molecule has 2 aliphatic rings. The Labute approximate surface area is 164 Å². The maximum atomic E-state index is 13.4. The van der Waals surface area contributed by atoms with Crippen LogP contribution in [0.1, 0.15) is 5.56 Å². The molecule has 2 amide bonds. The van der Waals surface area contributed by atoms with Gasteiger partial charge in [0.2, 0.25) is 0 Å². The van der Waals surface area contributed by atoms with Crippen molar-refractivity contribution >= 4 is 29.2 Å². The number of ether oxygens (including phenoxy) is 1. The molecule has 0 spiro atoms. The summed E-state index contributed by atoms with van der Waals surface area (Å²) < 4.78 is 31.8. The normalized spacial score (nSPS) is 15.7. The first-order valence-corrected chi connectivity index (χ1v) is 9.04. The van der Waals surface area contributed by atoms with Gasteiger partial charge < -0.3 is 19.9 Å². The number of esters is 1. The van der Waals surface area contributed by atoms with Gasteiger partial charge in [0.15, 0.2) is 0 Å². The number of nitrogens with zero attached hydrogens (tertiary/aromatic N) is 2. The summed E-state index contributed by atoms with van der Waals surface area (Å²) in [6, 6.07) is 8.02. The molecule has 29 heavy (non-hydrogen) atoms. The third kappa shape index (κ3) is 4.03. The van der Waals surface area contributed by atoms with Crippen molar-refractivity contribution in [1.82, 2.24) is 4.90 Å². The second kappa shape index (κ2) is 7.50. The average Bonchev–Trinajstić information content (AvgIpc) is 3.06. The van der Waals surface area contributed by atoms with Gasteiger partial charge in [-0.3, -0.25) is 14.4 Å². The number of piperazine rings is 1. The maximum absolute atomic E-state index is 13.4. The molecule has 9 heteroatoms. The number of fused-ring (bicyclic) bond motifs is 1. The molecule has 7 nitrogen and oxygen atoms in total. The summed E-state index contributed by atoms with van der Waals surface area (Å²) in [5, 5.41) is 2.51. The van der Waals surface area contributed by atoms with Gasteiger partial charge in [-0.05, 0) is 18.2 Å². The zero-order valence-electron chi connectivity index (χ0n) is 15.3. The predicted octanol–water partition coefficient (Wildman–Crippen LogP) is 1.71. The van der Waals surface area contributed by atoms with Gasteiger partial charge in [0.25, 0.3) is 0 Å². The topological polar surface area (TPSA) is 79.0 Å². The summed E-state index contributed by atoms with van der Waals surface area (Å²) in [5.41, 5.74) is 1.47. The van der Waals surface area contributed by atoms with Gasteiger partial charge in [0, 0.05) is 55.2 Å². The highest BCUT2D eigenvalue weighted by Gasteiger charge is 2.27. The molecule has 1 saturated heterocycles. The molecule has 0 aliphatic carbocycles. The van der Waals surface area contributed by atoms with Crippen LogP contribution in [0.4, 0.5) is 20.2 Å². The quantitative estimate of drug-likeness (QED) is 0.471. The van der Waals surface area contributed by atoms with Crippen molar-refractivity contribution in [2.45, 2.75) is 6.42 Å². The Kier molecular flexibility index (Phi) is 4.87. The molecule has 0 aromatic heterocycles. The lowest BCUT2D eigenvalue weighted by Crippen LogP contribution is -2.51. The molecule has 0 saturated carbocycles. The van der Waals surface area contributed by atoms with Gasteiger partial charge in [0.1, 0.15) is 17.4 Å². The monoisotopic (exact) mass is 401 g/mol. The minimum Gasteiger partial charge on any atom is -0.426 e. The lowest BCUT2D eigenvalue weighted by atomic mass is 10.1. The number of carbonyl (C=O) groups is 3. The van der Waals surface area contributed by atoms with Crippen LogP contribution < -0.4 is 15.0 Å². The molecule has 1 fully saturated rings. The number of rotatable bonds is 2. The fourth-order valence-electron chi connectivity index (χ4n) is 3.41. The van der Waals surface area contributed by atoms with Gasteiger partial charge in [-0.1, -0.05) is 6.07 Å². The number of hydrogen-bond acceptors (Lipinski definition) is 5. The van der Waals surface area contributed by atoms with Crippen LogP contribution in [0.15, 0.2) is 36.4 Å². The van der Waals surface area contributed by atoms with Gasteiger partial charge >= 0.3 is 17.8 Å². The third-order valence-corrected chi connectivity index (χ3v) is 4.86. The molecule has 2 aromatic carbocycles. The van der Waals surface area contributed by atoms with Crippen LogP contribution in [0.3, 0.4) is 0 Å². The minimum absolute atomic E-state index is 0.183. The van der Waals surface area contributed by atoms with E-state index < -0.39 is 23.4 Å². The number of halogens is 2. The largest absolute Gasteiger partial charge is 0.426 e. The summed E-state index contributed by atoms with van der Waals surface area (Å²) in [6.07, 6.45) is 0.183. The zero-order chi connectivity index (χ0) is 20.5. The minimum atomic E-state index is -0.806. The Morgan fingerprint density at radius 1 is 0.966 bits per heavy atom. The molecule has 150 valence electrons. The van der Waals surface area contributed by atoms with E-state index in [4.69, 9.17) is 4.74 Å². The van der Waals surface area contributed by atoms with Crippen molar-refractivity contribution in [2.24, 2.45) is 0 Å². The molecule has 2 aliphatic heterocycles. The second-order valence-corrected chi connectivity index (χ2v) is 6.83. The van der Waals surface area contributed by atoms with E-state index in [2.05, 4.69) is 5.32 Å². The van der Waals surface area contributed by atoms with E-state index in [0.717, 1.165) is 11.6 Å². The fraction of sp³-hybridized carbons (Fsp3) is 0.250. The number of benzene rings is 2. The highest BCUT2D eigenvalue weighted by atomic mass is 19.1. The van der Waals surface area contributed by atoms with E-state index in [1.165, 1.54) is 23.1 Å². The standard InChI is InChI=1S/C20H17F2N3O4/c21-13-8-14(22)10-16(9-13)24-3-5-25(6-4-24)20(28)19(27)23-15-2-1-12-7-18(26)29-17(12)11-15/h1-2,8-11H,3-7H2,(H,23,27). The molecule has 2 aromatic rings. The van der Waals surface area contributed by atoms with Crippen molar-refractivity contribution in [3.8, 4) is 5.75 Å². The Hall–Kier alpha value is -3.49. The zero-order valence-corrected chi connectivity index (χ0v) is 15.3. The first kappa shape index (κ1) is 18.9. The summed E-state index contributed by atoms with van der Waals surface area (Å²) in [5.74, 6) is -2.84. The number of hydrogen-bond donors (Lipinski definition) is 1. The molecular weight excluding hydrogens is 384 g/mol. The molecular formula is C20H17F2N3O4. The van der Waals surface area contributed by atoms with Crippen LogP contribution in [-0.4, -0.2) is 48.9 Å². The van der Waals surface area contributed by atoms with Crippen LogP contribution in [0, 0.1) is 11.6 Å². The Bertz CT molecular complexity index is 983. The number of carbonyl (C=O) groups excluding carboxylic acids is 3. The van der Waals surface area contributed by atoms with Crippen LogP contribution >= 0.6 is 0 Å². The molecule has 0 radical (unpaired) electrons. The molecule has 0 unspecified atom stereocenters. The lowest BCUT2D eigenvalue weighted by molar-refractivity contribution is -0.143. The summed E-state index contributed by atoms with van der Waals surface area (Å²) in [4.78, 5) is 39.2. The lowest BCUT2D eigenvalue weighted by Gasteiger charge is -2.35. The Morgan fingerprint density at radius 3 is 2.34 bits per heavy atom. The van der Waals surface area contributed by atoms with Crippen molar-refractivity contribution in [2.75, 3.05) is 36.4 Å². The van der Waals surface area contributed by atoms with E-state index in [1.807, 2.05) is 0 Å². The van der Waals surface area contributed by atoms with Gasteiger partial charge in [-0.15, -0.1) is 0 Å². The number of amides is 2. The summed E-state index contributed by atoms with van der Waals surface area (Å²) in [7, 11) is 0. The van der Waals surface area contributed by atoms with Crippen molar-refractivity contribution in [3.63, 3.8) is 0 Å². The smallest absolute Gasteiger partial charge is 0.315 e. The van der Waals surface area contributed by atoms with Gasteiger partial charge in [-0.2, -0.15) is 0 Å². The molecule has 4 rings (SSSR count). The Morgan fingerprint density at radius 2 is 1.66 bits per heavy atom. The first-order valence-electron chi connectivity index (χ1n) is 9.04. The second-order valence-electron chi connectivity index (χ2n) is 6.83. The van der Waals surface area contributed by atoms with Crippen LogP contribution in [-0.2, 0) is 20.8 Å². The van der Waals surface area contributed by atoms with Crippen molar-refractivity contribution < 1.29 is 27.9 Å². The van der Waals surface area contributed by atoms with E-state index in [0.29, 0.717) is 30.2 Å². The van der Waals surface area contributed by atoms with E-state index in [-0.39, 0.29) is 25.5 Å². The predicted molar refractivity (Wildman–Crippen MR) is 99.6 cm³/mol. The highest BCUT2D eigenvalue weighted by molar-refractivity contribution is 6.39. The SMILES string of the molecule is O=C1Cc2ccc(NC(=O)C(=O)N3CCN(c4cc(F)cc(F)c4)CC3)cc2O1. The number of nitrogens with one attached hydrogen (secondary N) is 1.